The molecule has 3 aromatic heterocycles. The molecule has 0 aliphatic carbocycles. The Labute approximate surface area is 281 Å². The third-order valence-corrected chi connectivity index (χ3v) is 9.48. The number of furan rings is 1. The summed E-state index contributed by atoms with van der Waals surface area (Å²) >= 11 is 0. The summed E-state index contributed by atoms with van der Waals surface area (Å²) in [5, 5.41) is 2.11. The van der Waals surface area contributed by atoms with Gasteiger partial charge in [0.1, 0.15) is 11.4 Å². The zero-order chi connectivity index (χ0) is 33.2. The average Bonchev–Trinajstić information content (AvgIpc) is 3.67. The van der Waals surface area contributed by atoms with E-state index in [1.54, 1.807) is 0 Å². The summed E-state index contributed by atoms with van der Waals surface area (Å²) in [5.41, 5.74) is 13.5. The van der Waals surface area contributed by atoms with Gasteiger partial charge < -0.3 is 4.42 Å². The van der Waals surface area contributed by atoms with E-state index in [1.165, 1.54) is 5.56 Å². The zero-order valence-electron chi connectivity index (χ0n) is 28.4. The molecule has 0 N–H and O–H groups in total. The molecule has 0 amide bonds. The van der Waals surface area contributed by atoms with E-state index in [9.17, 15) is 0 Å². The van der Waals surface area contributed by atoms with Crippen LogP contribution in [0.25, 0.3) is 72.4 Å². The SMILES string of the molecule is Cc1ccc(-c2nc3ccccc3n2-c2c(-c3ccccc3)cc(C(C)(C)C)cc2-c2ccccc2)c2oc3nc(C(C)C)ccc3c12. The highest BCUT2D eigenvalue weighted by molar-refractivity contribution is 6.10. The third kappa shape index (κ3) is 4.91. The first kappa shape index (κ1) is 29.9. The normalized spacial score (nSPS) is 12.1. The molecular weight excluding hydrogens is 587 g/mol. The number of hydrogen-bond donors (Lipinski definition) is 0. The summed E-state index contributed by atoms with van der Waals surface area (Å²) in [5.74, 6) is 1.14. The number of imidazole rings is 1. The molecule has 0 radical (unpaired) electrons. The standard InChI is InChI=1S/C44H39N3O/c1-27(2)36-24-23-32-39-28(3)21-22-33(41(39)48-43(32)46-36)42-45-37-19-13-14-20-38(37)47(42)40-34(29-15-9-7-10-16-29)25-31(44(4,5)6)26-35(40)30-17-11-8-12-18-30/h7-27H,1-6H3. The van der Waals surface area contributed by atoms with Crippen molar-refractivity contribution in [1.82, 2.24) is 14.5 Å². The minimum Gasteiger partial charge on any atom is -0.437 e. The van der Waals surface area contributed by atoms with Gasteiger partial charge in [0.2, 0.25) is 5.71 Å². The molecule has 3 heterocycles. The Morgan fingerprint density at radius 1 is 0.667 bits per heavy atom. The lowest BCUT2D eigenvalue weighted by Gasteiger charge is -2.26. The summed E-state index contributed by atoms with van der Waals surface area (Å²) in [6.07, 6.45) is 0. The van der Waals surface area contributed by atoms with E-state index in [1.807, 2.05) is 0 Å². The molecule has 0 saturated carbocycles. The highest BCUT2D eigenvalue weighted by atomic mass is 16.3. The van der Waals surface area contributed by atoms with Crippen LogP contribution in [0.4, 0.5) is 0 Å². The van der Waals surface area contributed by atoms with E-state index in [2.05, 4.69) is 167 Å². The fourth-order valence-electron chi connectivity index (χ4n) is 6.86. The number of aryl methyl sites for hydroxylation is 1. The lowest BCUT2D eigenvalue weighted by atomic mass is 9.82. The number of nitrogens with zero attached hydrogens (tertiary/aromatic N) is 3. The monoisotopic (exact) mass is 625 g/mol. The van der Waals surface area contributed by atoms with Crippen molar-refractivity contribution in [2.24, 2.45) is 0 Å². The fraction of sp³-hybridized carbons (Fsp3) is 0.182. The Morgan fingerprint density at radius 2 is 1.29 bits per heavy atom. The summed E-state index contributed by atoms with van der Waals surface area (Å²) in [6, 6.07) is 43.3. The quantitative estimate of drug-likeness (QED) is 0.191. The third-order valence-electron chi connectivity index (χ3n) is 9.48. The van der Waals surface area contributed by atoms with E-state index in [-0.39, 0.29) is 5.41 Å². The molecular formula is C44H39N3O. The van der Waals surface area contributed by atoms with E-state index in [0.29, 0.717) is 11.6 Å². The highest BCUT2D eigenvalue weighted by Crippen LogP contribution is 2.45. The van der Waals surface area contributed by atoms with E-state index in [4.69, 9.17) is 14.4 Å². The number of hydrogen-bond acceptors (Lipinski definition) is 3. The second-order valence-electron chi connectivity index (χ2n) is 14.1. The summed E-state index contributed by atoms with van der Waals surface area (Å²) in [4.78, 5) is 10.3. The van der Waals surface area contributed by atoms with Crippen LogP contribution in [0.2, 0.25) is 0 Å². The molecule has 0 unspecified atom stereocenters. The van der Waals surface area contributed by atoms with Crippen LogP contribution in [0.15, 0.2) is 126 Å². The van der Waals surface area contributed by atoms with Gasteiger partial charge in [0.05, 0.1) is 22.3 Å². The van der Waals surface area contributed by atoms with Gasteiger partial charge in [-0.15, -0.1) is 0 Å². The second kappa shape index (κ2) is 11.3. The number of benzene rings is 5. The molecule has 0 atom stereocenters. The minimum atomic E-state index is -0.0648. The molecule has 4 nitrogen and oxygen atoms in total. The van der Waals surface area contributed by atoms with Crippen LogP contribution in [0.3, 0.4) is 0 Å². The Balaban J connectivity index is 1.53. The highest BCUT2D eigenvalue weighted by Gasteiger charge is 2.27. The van der Waals surface area contributed by atoms with E-state index >= 15 is 0 Å². The molecule has 8 aromatic rings. The summed E-state index contributed by atoms with van der Waals surface area (Å²) < 4.78 is 9.08. The molecule has 8 rings (SSSR count). The predicted molar refractivity (Wildman–Crippen MR) is 200 cm³/mol. The molecule has 5 aromatic carbocycles. The van der Waals surface area contributed by atoms with Crippen molar-refractivity contribution < 1.29 is 4.42 Å². The minimum absolute atomic E-state index is 0.0648. The number of rotatable bonds is 5. The van der Waals surface area contributed by atoms with Gasteiger partial charge in [0, 0.05) is 27.6 Å². The van der Waals surface area contributed by atoms with Crippen molar-refractivity contribution in [2.75, 3.05) is 0 Å². The van der Waals surface area contributed by atoms with Gasteiger partial charge in [0.25, 0.3) is 0 Å². The molecule has 0 aliphatic heterocycles. The Kier molecular flexibility index (Phi) is 7.06. The summed E-state index contributed by atoms with van der Waals surface area (Å²) in [6.45, 7) is 13.3. The van der Waals surface area contributed by atoms with Crippen LogP contribution < -0.4 is 0 Å². The average molecular weight is 626 g/mol. The van der Waals surface area contributed by atoms with Gasteiger partial charge in [-0.1, -0.05) is 113 Å². The largest absolute Gasteiger partial charge is 0.437 e. The molecule has 4 heteroatoms. The van der Waals surface area contributed by atoms with Crippen molar-refractivity contribution in [2.45, 2.75) is 52.9 Å². The van der Waals surface area contributed by atoms with Gasteiger partial charge in [-0.05, 0) is 83.0 Å². The maximum atomic E-state index is 6.73. The predicted octanol–water partition coefficient (Wildman–Crippen LogP) is 12.1. The first-order valence-corrected chi connectivity index (χ1v) is 16.8. The van der Waals surface area contributed by atoms with Crippen LogP contribution >= 0.6 is 0 Å². The van der Waals surface area contributed by atoms with Gasteiger partial charge in [-0.3, -0.25) is 4.57 Å². The van der Waals surface area contributed by atoms with Gasteiger partial charge in [-0.25, -0.2) is 9.97 Å². The van der Waals surface area contributed by atoms with Crippen molar-refractivity contribution in [3.63, 3.8) is 0 Å². The van der Waals surface area contributed by atoms with Crippen molar-refractivity contribution in [3.8, 4) is 39.3 Å². The van der Waals surface area contributed by atoms with Crippen LogP contribution in [0.1, 0.15) is 57.4 Å². The second-order valence-corrected chi connectivity index (χ2v) is 14.1. The zero-order valence-corrected chi connectivity index (χ0v) is 28.4. The van der Waals surface area contributed by atoms with Gasteiger partial charge in [-0.2, -0.15) is 0 Å². The molecule has 0 spiro atoms. The number of fused-ring (bicyclic) bond motifs is 4. The van der Waals surface area contributed by atoms with Crippen LogP contribution in [-0.2, 0) is 5.41 Å². The topological polar surface area (TPSA) is 43.9 Å². The first-order chi connectivity index (χ1) is 23.2. The molecule has 48 heavy (non-hydrogen) atoms. The smallest absolute Gasteiger partial charge is 0.227 e. The number of pyridine rings is 1. The first-order valence-electron chi connectivity index (χ1n) is 16.8. The molecule has 0 saturated heterocycles. The maximum Gasteiger partial charge on any atom is 0.227 e. The van der Waals surface area contributed by atoms with E-state index < -0.39 is 0 Å². The van der Waals surface area contributed by atoms with Crippen molar-refractivity contribution in [3.05, 3.63) is 138 Å². The lowest BCUT2D eigenvalue weighted by molar-refractivity contribution is 0.590. The molecule has 0 fully saturated rings. The molecule has 0 bridgehead atoms. The summed E-state index contributed by atoms with van der Waals surface area (Å²) in [7, 11) is 0. The van der Waals surface area contributed by atoms with Crippen LogP contribution in [-0.4, -0.2) is 14.5 Å². The lowest BCUT2D eigenvalue weighted by Crippen LogP contribution is -2.13. The van der Waals surface area contributed by atoms with E-state index in [0.717, 1.165) is 78.0 Å². The maximum absolute atomic E-state index is 6.73. The molecule has 236 valence electrons. The number of para-hydroxylation sites is 2. The number of aromatic nitrogens is 3. The molecule has 0 aliphatic rings. The van der Waals surface area contributed by atoms with Crippen molar-refractivity contribution >= 4 is 33.1 Å². The van der Waals surface area contributed by atoms with Crippen molar-refractivity contribution in [1.29, 1.82) is 0 Å². The Bertz CT molecular complexity index is 2400. The Morgan fingerprint density at radius 3 is 1.92 bits per heavy atom. The van der Waals surface area contributed by atoms with Crippen LogP contribution in [0, 0.1) is 6.92 Å². The van der Waals surface area contributed by atoms with Crippen LogP contribution in [0.5, 0.6) is 0 Å². The Hall–Kier alpha value is -5.48. The van der Waals surface area contributed by atoms with Gasteiger partial charge in [0.15, 0.2) is 0 Å². The van der Waals surface area contributed by atoms with Gasteiger partial charge >= 0.3 is 0 Å². The fourth-order valence-corrected chi connectivity index (χ4v) is 6.86.